The topological polar surface area (TPSA) is 55.1 Å². The number of hydrogen-bond donors (Lipinski definition) is 1. The highest BCUT2D eigenvalue weighted by atomic mass is 16.4. The molecule has 0 aliphatic carbocycles. The van der Waals surface area contributed by atoms with Crippen LogP contribution in [-0.4, -0.2) is 10.9 Å². The van der Waals surface area contributed by atoms with Gasteiger partial charge in [0, 0.05) is 12.1 Å². The Hall–Kier alpha value is -2.88. The summed E-state index contributed by atoms with van der Waals surface area (Å²) in [4.78, 5) is 16.3. The van der Waals surface area contributed by atoms with Gasteiger partial charge in [-0.05, 0) is 30.2 Å². The molecule has 0 fully saturated rings. The van der Waals surface area contributed by atoms with E-state index in [2.05, 4.69) is 10.3 Å². The summed E-state index contributed by atoms with van der Waals surface area (Å²) in [6.45, 7) is 2.48. The van der Waals surface area contributed by atoms with Gasteiger partial charge in [0.15, 0.2) is 0 Å². The number of aromatic nitrogens is 1. The number of hydrogen-bond acceptors (Lipinski definition) is 3. The molecule has 4 nitrogen and oxygen atoms in total. The van der Waals surface area contributed by atoms with Crippen molar-refractivity contribution in [1.29, 1.82) is 0 Å². The van der Waals surface area contributed by atoms with Gasteiger partial charge in [0.05, 0.1) is 6.20 Å². The SMILES string of the molecule is Cc1ccccc1CNC(=O)c1cnc(-c2ccccc2)o1. The Labute approximate surface area is 128 Å². The van der Waals surface area contributed by atoms with Gasteiger partial charge in [-0.15, -0.1) is 0 Å². The van der Waals surface area contributed by atoms with E-state index in [0.29, 0.717) is 12.4 Å². The summed E-state index contributed by atoms with van der Waals surface area (Å²) < 4.78 is 5.53. The number of oxazole rings is 1. The zero-order valence-electron chi connectivity index (χ0n) is 12.2. The second-order valence-electron chi connectivity index (χ2n) is 5.00. The van der Waals surface area contributed by atoms with Gasteiger partial charge in [0.25, 0.3) is 5.91 Å². The van der Waals surface area contributed by atoms with Crippen LogP contribution in [0.15, 0.2) is 65.2 Å². The van der Waals surface area contributed by atoms with Crippen LogP contribution in [0.25, 0.3) is 11.5 Å². The number of benzene rings is 2. The van der Waals surface area contributed by atoms with Crippen molar-refractivity contribution >= 4 is 5.91 Å². The lowest BCUT2D eigenvalue weighted by atomic mass is 10.1. The molecule has 4 heteroatoms. The lowest BCUT2D eigenvalue weighted by Crippen LogP contribution is -2.22. The van der Waals surface area contributed by atoms with Crippen LogP contribution in [0.4, 0.5) is 0 Å². The highest BCUT2D eigenvalue weighted by Crippen LogP contribution is 2.18. The van der Waals surface area contributed by atoms with Crippen LogP contribution in [0.1, 0.15) is 21.7 Å². The first-order chi connectivity index (χ1) is 10.7. The highest BCUT2D eigenvalue weighted by Gasteiger charge is 2.13. The van der Waals surface area contributed by atoms with Crippen molar-refractivity contribution in [2.45, 2.75) is 13.5 Å². The summed E-state index contributed by atoms with van der Waals surface area (Å²) in [5, 5.41) is 2.85. The maximum Gasteiger partial charge on any atom is 0.288 e. The maximum absolute atomic E-state index is 12.1. The van der Waals surface area contributed by atoms with E-state index in [0.717, 1.165) is 16.7 Å². The molecule has 0 radical (unpaired) electrons. The first-order valence-electron chi connectivity index (χ1n) is 7.08. The zero-order valence-corrected chi connectivity index (χ0v) is 12.2. The van der Waals surface area contributed by atoms with Crippen molar-refractivity contribution in [3.63, 3.8) is 0 Å². The normalized spacial score (nSPS) is 10.4. The van der Waals surface area contributed by atoms with Gasteiger partial charge >= 0.3 is 0 Å². The van der Waals surface area contributed by atoms with E-state index < -0.39 is 0 Å². The molecule has 110 valence electrons. The van der Waals surface area contributed by atoms with E-state index in [9.17, 15) is 4.79 Å². The number of aryl methyl sites for hydroxylation is 1. The Balaban J connectivity index is 1.69. The van der Waals surface area contributed by atoms with Crippen molar-refractivity contribution < 1.29 is 9.21 Å². The number of rotatable bonds is 4. The molecule has 0 aliphatic heterocycles. The summed E-state index contributed by atoms with van der Waals surface area (Å²) in [6, 6.07) is 17.4. The van der Waals surface area contributed by atoms with Crippen molar-refractivity contribution in [3.8, 4) is 11.5 Å². The summed E-state index contributed by atoms with van der Waals surface area (Å²) >= 11 is 0. The Kier molecular flexibility index (Phi) is 4.01. The standard InChI is InChI=1S/C18H16N2O2/c1-13-7-5-6-10-15(13)11-19-17(21)16-12-20-18(22-16)14-8-3-2-4-9-14/h2-10,12H,11H2,1H3,(H,19,21). The summed E-state index contributed by atoms with van der Waals surface area (Å²) in [6.07, 6.45) is 1.45. The van der Waals surface area contributed by atoms with Gasteiger partial charge in [-0.25, -0.2) is 4.98 Å². The molecule has 0 atom stereocenters. The van der Waals surface area contributed by atoms with Gasteiger partial charge in [-0.3, -0.25) is 4.79 Å². The zero-order chi connectivity index (χ0) is 15.4. The average Bonchev–Trinajstić information content (AvgIpc) is 3.05. The fourth-order valence-electron chi connectivity index (χ4n) is 2.16. The molecule has 0 unspecified atom stereocenters. The Morgan fingerprint density at radius 3 is 2.59 bits per heavy atom. The average molecular weight is 292 g/mol. The Bertz CT molecular complexity index is 779. The van der Waals surface area contributed by atoms with Crippen molar-refractivity contribution in [2.75, 3.05) is 0 Å². The van der Waals surface area contributed by atoms with E-state index in [4.69, 9.17) is 4.42 Å². The van der Waals surface area contributed by atoms with E-state index in [1.807, 2.05) is 61.5 Å². The summed E-state index contributed by atoms with van der Waals surface area (Å²) in [5.41, 5.74) is 3.07. The third-order valence-corrected chi connectivity index (χ3v) is 3.45. The van der Waals surface area contributed by atoms with Gasteiger partial charge in [-0.2, -0.15) is 0 Å². The lowest BCUT2D eigenvalue weighted by Gasteiger charge is -2.06. The number of carbonyl (C=O) groups is 1. The maximum atomic E-state index is 12.1. The van der Waals surface area contributed by atoms with Crippen molar-refractivity contribution in [3.05, 3.63) is 77.7 Å². The summed E-state index contributed by atoms with van der Waals surface area (Å²) in [5.74, 6) is 0.395. The molecule has 0 spiro atoms. The van der Waals surface area contributed by atoms with Crippen molar-refractivity contribution in [2.24, 2.45) is 0 Å². The predicted octanol–water partition coefficient (Wildman–Crippen LogP) is 3.58. The first kappa shape index (κ1) is 14.1. The van der Waals surface area contributed by atoms with Gasteiger partial charge < -0.3 is 9.73 Å². The molecule has 3 rings (SSSR count). The molecular formula is C18H16N2O2. The van der Waals surface area contributed by atoms with Crippen LogP contribution in [-0.2, 0) is 6.54 Å². The predicted molar refractivity (Wildman–Crippen MR) is 84.3 cm³/mol. The Morgan fingerprint density at radius 2 is 1.82 bits per heavy atom. The molecule has 1 N–H and O–H groups in total. The minimum absolute atomic E-state index is 0.215. The Morgan fingerprint density at radius 1 is 1.09 bits per heavy atom. The highest BCUT2D eigenvalue weighted by molar-refractivity contribution is 5.91. The number of nitrogens with zero attached hydrogens (tertiary/aromatic N) is 1. The fourth-order valence-corrected chi connectivity index (χ4v) is 2.16. The summed E-state index contributed by atoms with van der Waals surface area (Å²) in [7, 11) is 0. The van der Waals surface area contributed by atoms with Crippen LogP contribution in [0.5, 0.6) is 0 Å². The van der Waals surface area contributed by atoms with Crippen LogP contribution in [0, 0.1) is 6.92 Å². The van der Waals surface area contributed by atoms with Gasteiger partial charge in [0.2, 0.25) is 11.7 Å². The molecule has 3 aromatic rings. The van der Waals surface area contributed by atoms with Crippen molar-refractivity contribution in [1.82, 2.24) is 10.3 Å². The number of nitrogens with one attached hydrogen (secondary N) is 1. The van der Waals surface area contributed by atoms with Crippen LogP contribution in [0.3, 0.4) is 0 Å². The van der Waals surface area contributed by atoms with E-state index in [-0.39, 0.29) is 11.7 Å². The molecule has 0 saturated heterocycles. The largest absolute Gasteiger partial charge is 0.431 e. The molecule has 0 bridgehead atoms. The van der Waals surface area contributed by atoms with Crippen LogP contribution < -0.4 is 5.32 Å². The lowest BCUT2D eigenvalue weighted by molar-refractivity contribution is 0.0924. The fraction of sp³-hybridized carbons (Fsp3) is 0.111. The molecular weight excluding hydrogens is 276 g/mol. The monoisotopic (exact) mass is 292 g/mol. The minimum atomic E-state index is -0.266. The van der Waals surface area contributed by atoms with E-state index in [1.54, 1.807) is 0 Å². The second-order valence-corrected chi connectivity index (χ2v) is 5.00. The van der Waals surface area contributed by atoms with Gasteiger partial charge in [0.1, 0.15) is 0 Å². The molecule has 1 aromatic heterocycles. The third-order valence-electron chi connectivity index (χ3n) is 3.45. The van der Waals surface area contributed by atoms with Crippen LogP contribution >= 0.6 is 0 Å². The molecule has 1 heterocycles. The van der Waals surface area contributed by atoms with Gasteiger partial charge in [-0.1, -0.05) is 42.5 Å². The molecule has 2 aromatic carbocycles. The second kappa shape index (κ2) is 6.26. The van der Waals surface area contributed by atoms with E-state index in [1.165, 1.54) is 6.20 Å². The molecule has 0 aliphatic rings. The molecule has 22 heavy (non-hydrogen) atoms. The quantitative estimate of drug-likeness (QED) is 0.799. The number of carbonyl (C=O) groups excluding carboxylic acids is 1. The minimum Gasteiger partial charge on any atom is -0.431 e. The number of amides is 1. The third kappa shape index (κ3) is 3.06. The molecule has 1 amide bonds. The molecule has 0 saturated carbocycles. The smallest absolute Gasteiger partial charge is 0.288 e. The van der Waals surface area contributed by atoms with Crippen LogP contribution in [0.2, 0.25) is 0 Å². The first-order valence-corrected chi connectivity index (χ1v) is 7.08. The van der Waals surface area contributed by atoms with E-state index >= 15 is 0 Å².